The first-order chi connectivity index (χ1) is 7.34. The minimum absolute atomic E-state index is 0.726. The Hall–Kier alpha value is -0.980. The maximum absolute atomic E-state index is 3.74. The quantitative estimate of drug-likeness (QED) is 0.733. The Morgan fingerprint density at radius 1 is 1.20 bits per heavy atom. The Morgan fingerprint density at radius 3 is 2.73 bits per heavy atom. The summed E-state index contributed by atoms with van der Waals surface area (Å²) in [6.07, 6.45) is 7.01. The average Bonchev–Trinajstić information content (AvgIpc) is 2.86. The molecule has 80 valence electrons. The third kappa shape index (κ3) is 1.54. The molecule has 3 rings (SSSR count). The van der Waals surface area contributed by atoms with Crippen LogP contribution >= 0.6 is 0 Å². The zero-order chi connectivity index (χ0) is 10.3. The fraction of sp³-hybridized carbons (Fsp3) is 0.571. The number of rotatable bonds is 1. The molecule has 2 aliphatic rings. The van der Waals surface area contributed by atoms with Crippen LogP contribution in [0.5, 0.6) is 0 Å². The molecule has 0 radical (unpaired) electrons. The van der Waals surface area contributed by atoms with Crippen LogP contribution in [0, 0.1) is 12.8 Å². The van der Waals surface area contributed by atoms with Gasteiger partial charge < -0.3 is 5.32 Å². The van der Waals surface area contributed by atoms with E-state index in [1.165, 1.54) is 48.9 Å². The van der Waals surface area contributed by atoms with Crippen molar-refractivity contribution >= 4 is 5.69 Å². The van der Waals surface area contributed by atoms with Crippen LogP contribution in [0.4, 0.5) is 5.69 Å². The van der Waals surface area contributed by atoms with Gasteiger partial charge in [-0.15, -0.1) is 0 Å². The molecule has 1 nitrogen and oxygen atoms in total. The lowest BCUT2D eigenvalue weighted by atomic mass is 9.95. The molecule has 0 spiro atoms. The fourth-order valence-electron chi connectivity index (χ4n) is 3.22. The fourth-order valence-corrected chi connectivity index (χ4v) is 3.22. The van der Waals surface area contributed by atoms with Crippen LogP contribution in [-0.2, 0) is 6.42 Å². The van der Waals surface area contributed by atoms with Gasteiger partial charge in [0.1, 0.15) is 0 Å². The number of fused-ring (bicyclic) bond motifs is 1. The molecule has 0 amide bonds. The van der Waals surface area contributed by atoms with Crippen LogP contribution in [0.1, 0.15) is 36.8 Å². The van der Waals surface area contributed by atoms with Gasteiger partial charge >= 0.3 is 0 Å². The second-order valence-corrected chi connectivity index (χ2v) is 5.11. The molecular weight excluding hydrogens is 182 g/mol. The van der Waals surface area contributed by atoms with E-state index in [9.17, 15) is 0 Å². The second kappa shape index (κ2) is 3.55. The third-order valence-electron chi connectivity index (χ3n) is 4.10. The minimum atomic E-state index is 0.726. The summed E-state index contributed by atoms with van der Waals surface area (Å²) < 4.78 is 0. The second-order valence-electron chi connectivity index (χ2n) is 5.11. The highest BCUT2D eigenvalue weighted by Gasteiger charge is 2.30. The number of aryl methyl sites for hydroxylation is 1. The van der Waals surface area contributed by atoms with Crippen molar-refractivity contribution in [3.05, 3.63) is 29.3 Å². The van der Waals surface area contributed by atoms with Crippen molar-refractivity contribution in [1.29, 1.82) is 0 Å². The molecule has 1 heterocycles. The molecule has 1 heteroatoms. The topological polar surface area (TPSA) is 12.0 Å². The van der Waals surface area contributed by atoms with E-state index in [1.807, 2.05) is 0 Å². The zero-order valence-corrected chi connectivity index (χ0v) is 9.42. The normalized spacial score (nSPS) is 25.3. The summed E-state index contributed by atoms with van der Waals surface area (Å²) >= 11 is 0. The van der Waals surface area contributed by atoms with Gasteiger partial charge in [-0.25, -0.2) is 0 Å². The van der Waals surface area contributed by atoms with Gasteiger partial charge in [-0.1, -0.05) is 31.0 Å². The van der Waals surface area contributed by atoms with Gasteiger partial charge in [-0.3, -0.25) is 0 Å². The lowest BCUT2D eigenvalue weighted by molar-refractivity contribution is 0.466. The van der Waals surface area contributed by atoms with Crippen molar-refractivity contribution in [2.24, 2.45) is 5.92 Å². The first-order valence-electron chi connectivity index (χ1n) is 6.19. The van der Waals surface area contributed by atoms with E-state index in [2.05, 4.69) is 30.4 Å². The van der Waals surface area contributed by atoms with Crippen LogP contribution in [0.2, 0.25) is 0 Å². The minimum Gasteiger partial charge on any atom is -0.381 e. The van der Waals surface area contributed by atoms with E-state index in [0.29, 0.717) is 0 Å². The Balaban J connectivity index is 1.82. The van der Waals surface area contributed by atoms with E-state index in [1.54, 1.807) is 0 Å². The first kappa shape index (κ1) is 9.26. The van der Waals surface area contributed by atoms with Gasteiger partial charge in [0.25, 0.3) is 0 Å². The zero-order valence-electron chi connectivity index (χ0n) is 9.42. The summed E-state index contributed by atoms with van der Waals surface area (Å²) in [7, 11) is 0. The standard InChI is InChI=1S/C14H19N/c1-10-5-4-8-12-9-13(15-14(10)12)11-6-2-3-7-11/h4-5,8,11,13,15H,2-3,6-7,9H2,1H3. The summed E-state index contributed by atoms with van der Waals surface area (Å²) in [5, 5.41) is 3.74. The highest BCUT2D eigenvalue weighted by molar-refractivity contribution is 5.61. The van der Waals surface area contributed by atoms with Gasteiger partial charge in [0.15, 0.2) is 0 Å². The molecule has 0 aromatic heterocycles. The van der Waals surface area contributed by atoms with E-state index in [4.69, 9.17) is 0 Å². The first-order valence-corrected chi connectivity index (χ1v) is 6.19. The van der Waals surface area contributed by atoms with Crippen molar-refractivity contribution in [3.8, 4) is 0 Å². The molecule has 0 saturated heterocycles. The summed E-state index contributed by atoms with van der Waals surface area (Å²) in [5.41, 5.74) is 4.37. The molecule has 1 aliphatic heterocycles. The van der Waals surface area contributed by atoms with E-state index < -0.39 is 0 Å². The largest absolute Gasteiger partial charge is 0.381 e. The number of para-hydroxylation sites is 1. The molecule has 15 heavy (non-hydrogen) atoms. The van der Waals surface area contributed by atoms with Crippen LogP contribution in [-0.4, -0.2) is 6.04 Å². The van der Waals surface area contributed by atoms with Crippen molar-refractivity contribution in [2.75, 3.05) is 5.32 Å². The number of anilines is 1. The molecule has 1 N–H and O–H groups in total. The number of hydrogen-bond acceptors (Lipinski definition) is 1. The lowest BCUT2D eigenvalue weighted by Crippen LogP contribution is -2.24. The number of benzene rings is 1. The van der Waals surface area contributed by atoms with Gasteiger partial charge in [0.2, 0.25) is 0 Å². The SMILES string of the molecule is Cc1cccc2c1NC(C1CCCC1)C2. The molecular formula is C14H19N. The van der Waals surface area contributed by atoms with Crippen molar-refractivity contribution < 1.29 is 0 Å². The molecule has 1 atom stereocenters. The molecule has 1 aliphatic carbocycles. The van der Waals surface area contributed by atoms with Crippen LogP contribution in [0.25, 0.3) is 0 Å². The van der Waals surface area contributed by atoms with Crippen LogP contribution in [0.15, 0.2) is 18.2 Å². The van der Waals surface area contributed by atoms with Crippen molar-refractivity contribution in [3.63, 3.8) is 0 Å². The van der Waals surface area contributed by atoms with E-state index in [-0.39, 0.29) is 0 Å². The van der Waals surface area contributed by atoms with Gasteiger partial charge in [0.05, 0.1) is 0 Å². The Labute approximate surface area is 91.9 Å². The third-order valence-corrected chi connectivity index (χ3v) is 4.10. The molecule has 1 aromatic carbocycles. The lowest BCUT2D eigenvalue weighted by Gasteiger charge is -2.18. The average molecular weight is 201 g/mol. The monoisotopic (exact) mass is 201 g/mol. The maximum Gasteiger partial charge on any atom is 0.0405 e. The molecule has 1 aromatic rings. The highest BCUT2D eigenvalue weighted by atomic mass is 15.0. The van der Waals surface area contributed by atoms with E-state index in [0.717, 1.165) is 12.0 Å². The summed E-state index contributed by atoms with van der Waals surface area (Å²) in [5.74, 6) is 0.928. The molecule has 1 unspecified atom stereocenters. The summed E-state index contributed by atoms with van der Waals surface area (Å²) in [4.78, 5) is 0. The predicted octanol–water partition coefficient (Wildman–Crippen LogP) is 3.52. The Kier molecular flexibility index (Phi) is 2.19. The Morgan fingerprint density at radius 2 is 2.00 bits per heavy atom. The molecule has 1 fully saturated rings. The maximum atomic E-state index is 3.74. The summed E-state index contributed by atoms with van der Waals surface area (Å²) in [6.45, 7) is 2.21. The van der Waals surface area contributed by atoms with Crippen molar-refractivity contribution in [2.45, 2.75) is 45.1 Å². The van der Waals surface area contributed by atoms with Crippen LogP contribution in [0.3, 0.4) is 0 Å². The smallest absolute Gasteiger partial charge is 0.0405 e. The molecule has 1 saturated carbocycles. The highest BCUT2D eigenvalue weighted by Crippen LogP contribution is 2.37. The van der Waals surface area contributed by atoms with Crippen molar-refractivity contribution in [1.82, 2.24) is 0 Å². The van der Waals surface area contributed by atoms with Gasteiger partial charge in [-0.2, -0.15) is 0 Å². The van der Waals surface area contributed by atoms with Crippen LogP contribution < -0.4 is 5.32 Å². The van der Waals surface area contributed by atoms with E-state index >= 15 is 0 Å². The van der Waals surface area contributed by atoms with Gasteiger partial charge in [0, 0.05) is 11.7 Å². The number of hydrogen-bond donors (Lipinski definition) is 1. The predicted molar refractivity (Wildman–Crippen MR) is 64.3 cm³/mol. The van der Waals surface area contributed by atoms with Gasteiger partial charge in [-0.05, 0) is 43.2 Å². The summed E-state index contributed by atoms with van der Waals surface area (Å²) in [6, 6.07) is 7.41. The Bertz CT molecular complexity index is 364. The number of nitrogens with one attached hydrogen (secondary N) is 1. The molecule has 0 bridgehead atoms.